The van der Waals surface area contributed by atoms with E-state index in [-0.39, 0.29) is 23.2 Å². The van der Waals surface area contributed by atoms with Gasteiger partial charge in [0.25, 0.3) is 0 Å². The zero-order valence-electron chi connectivity index (χ0n) is 18.9. The van der Waals surface area contributed by atoms with Gasteiger partial charge in [0.15, 0.2) is 11.0 Å². The molecule has 3 rings (SSSR count). The first-order valence-corrected chi connectivity index (χ1v) is 12.0. The number of carbonyl (C=O) groups excluding carboxylic acids is 1. The van der Waals surface area contributed by atoms with Crippen LogP contribution in [0.1, 0.15) is 59.7 Å². The first-order valence-electron chi connectivity index (χ1n) is 11.1. The topological polar surface area (TPSA) is 54.3 Å². The number of para-hydroxylation sites is 1. The highest BCUT2D eigenvalue weighted by Gasteiger charge is 2.28. The van der Waals surface area contributed by atoms with Gasteiger partial charge in [0.2, 0.25) is 5.91 Å². The minimum Gasteiger partial charge on any atom is -0.337 e. The normalized spacial score (nSPS) is 16.2. The van der Waals surface area contributed by atoms with Crippen LogP contribution < -0.4 is 0 Å². The number of thioether (sulfide) groups is 1. The van der Waals surface area contributed by atoms with Crippen molar-refractivity contribution in [2.75, 3.05) is 13.1 Å². The number of nitrogens with zero attached hydrogens (tertiary/aromatic N) is 5. The second-order valence-electron chi connectivity index (χ2n) is 8.60. The van der Waals surface area contributed by atoms with Crippen LogP contribution in [0.3, 0.4) is 0 Å². The van der Waals surface area contributed by atoms with Crippen molar-refractivity contribution in [3.05, 3.63) is 36.2 Å². The molecule has 2 heterocycles. The van der Waals surface area contributed by atoms with Gasteiger partial charge in [0.1, 0.15) is 0 Å². The van der Waals surface area contributed by atoms with Gasteiger partial charge in [-0.25, -0.2) is 0 Å². The Bertz CT molecular complexity index is 806. The molecule has 1 fully saturated rings. The van der Waals surface area contributed by atoms with Gasteiger partial charge in [-0.1, -0.05) is 36.4 Å². The minimum atomic E-state index is -0.232. The van der Waals surface area contributed by atoms with E-state index in [2.05, 4.69) is 59.5 Å². The fourth-order valence-electron chi connectivity index (χ4n) is 4.16. The van der Waals surface area contributed by atoms with E-state index in [4.69, 9.17) is 0 Å². The highest BCUT2D eigenvalue weighted by Crippen LogP contribution is 2.28. The molecule has 1 amide bonds. The summed E-state index contributed by atoms with van der Waals surface area (Å²) in [5.74, 6) is 1.08. The second-order valence-corrected chi connectivity index (χ2v) is 9.91. The van der Waals surface area contributed by atoms with Crippen molar-refractivity contribution in [2.45, 2.75) is 82.9 Å². The highest BCUT2D eigenvalue weighted by molar-refractivity contribution is 8.00. The average Bonchev–Trinajstić information content (AvgIpc) is 3.10. The first kappa shape index (κ1) is 22.8. The van der Waals surface area contributed by atoms with Gasteiger partial charge in [-0.05, 0) is 72.7 Å². The average molecular weight is 430 g/mol. The molecule has 1 aliphatic heterocycles. The molecule has 7 heteroatoms. The number of aromatic nitrogens is 3. The molecule has 1 unspecified atom stereocenters. The third-order valence-corrected chi connectivity index (χ3v) is 6.56. The summed E-state index contributed by atoms with van der Waals surface area (Å²) >= 11 is 1.50. The largest absolute Gasteiger partial charge is 0.337 e. The van der Waals surface area contributed by atoms with Gasteiger partial charge >= 0.3 is 0 Å². The van der Waals surface area contributed by atoms with Crippen LogP contribution in [0, 0.1) is 0 Å². The standard InChI is InChI=1S/C23H35N5OS/c1-17(2)27(18(3)4)22(29)19(5)30-23-25-24-21(16-26-14-10-7-11-15-26)28(23)20-12-8-6-9-13-20/h6,8-9,12-13,17-19H,7,10-11,14-16H2,1-5H3. The molecule has 30 heavy (non-hydrogen) atoms. The summed E-state index contributed by atoms with van der Waals surface area (Å²) in [7, 11) is 0. The van der Waals surface area contributed by atoms with Crippen molar-refractivity contribution < 1.29 is 4.79 Å². The lowest BCUT2D eigenvalue weighted by molar-refractivity contribution is -0.133. The van der Waals surface area contributed by atoms with Gasteiger partial charge in [-0.15, -0.1) is 10.2 Å². The summed E-state index contributed by atoms with van der Waals surface area (Å²) < 4.78 is 2.12. The number of piperidine rings is 1. The SMILES string of the molecule is CC(Sc1nnc(CN2CCCCC2)n1-c1ccccc1)C(=O)N(C(C)C)C(C)C. The molecule has 1 atom stereocenters. The Hall–Kier alpha value is -1.86. The van der Waals surface area contributed by atoms with E-state index in [1.54, 1.807) is 0 Å². The fourth-order valence-corrected chi connectivity index (χ4v) is 5.10. The molecule has 1 aliphatic rings. The van der Waals surface area contributed by atoms with Gasteiger partial charge in [-0.3, -0.25) is 14.3 Å². The number of likely N-dealkylation sites (tertiary alicyclic amines) is 1. The molecule has 1 aromatic carbocycles. The van der Waals surface area contributed by atoms with Crippen LogP contribution in [0.5, 0.6) is 0 Å². The number of rotatable bonds is 8. The number of amides is 1. The Balaban J connectivity index is 1.86. The molecule has 0 bridgehead atoms. The maximum atomic E-state index is 13.1. The molecule has 0 N–H and O–H groups in total. The predicted molar refractivity (Wildman–Crippen MR) is 123 cm³/mol. The zero-order chi connectivity index (χ0) is 21.7. The van der Waals surface area contributed by atoms with E-state index in [1.807, 2.05) is 30.0 Å². The van der Waals surface area contributed by atoms with Crippen LogP contribution in [-0.4, -0.2) is 60.9 Å². The molecule has 164 valence electrons. The first-order chi connectivity index (χ1) is 14.4. The fraction of sp³-hybridized carbons (Fsp3) is 0.609. The minimum absolute atomic E-state index is 0.144. The van der Waals surface area contributed by atoms with Gasteiger partial charge in [0.05, 0.1) is 11.8 Å². The van der Waals surface area contributed by atoms with Crippen molar-refractivity contribution >= 4 is 17.7 Å². The number of carbonyl (C=O) groups is 1. The molecular weight excluding hydrogens is 394 g/mol. The summed E-state index contributed by atoms with van der Waals surface area (Å²) in [5.41, 5.74) is 1.04. The smallest absolute Gasteiger partial charge is 0.236 e. The van der Waals surface area contributed by atoms with Crippen LogP contribution in [0.25, 0.3) is 5.69 Å². The Morgan fingerprint density at radius 3 is 2.23 bits per heavy atom. The van der Waals surface area contributed by atoms with E-state index in [0.29, 0.717) is 0 Å². The van der Waals surface area contributed by atoms with E-state index < -0.39 is 0 Å². The van der Waals surface area contributed by atoms with Crippen molar-refractivity contribution in [3.8, 4) is 5.69 Å². The maximum absolute atomic E-state index is 13.1. The van der Waals surface area contributed by atoms with Crippen molar-refractivity contribution in [1.82, 2.24) is 24.6 Å². The molecule has 0 spiro atoms. The molecule has 1 aromatic heterocycles. The molecule has 6 nitrogen and oxygen atoms in total. The summed E-state index contributed by atoms with van der Waals surface area (Å²) in [6, 6.07) is 10.6. The Labute approximate surface area is 185 Å². The van der Waals surface area contributed by atoms with Crippen LogP contribution in [0.15, 0.2) is 35.5 Å². The van der Waals surface area contributed by atoms with E-state index in [1.165, 1.54) is 31.0 Å². The zero-order valence-corrected chi connectivity index (χ0v) is 19.7. The summed E-state index contributed by atoms with van der Waals surface area (Å²) in [5, 5.41) is 9.59. The third-order valence-electron chi connectivity index (χ3n) is 5.53. The molecule has 0 saturated carbocycles. The molecule has 0 aliphatic carbocycles. The monoisotopic (exact) mass is 429 g/mol. The molecule has 2 aromatic rings. The Kier molecular flexibility index (Phi) is 7.94. The van der Waals surface area contributed by atoms with Crippen molar-refractivity contribution in [1.29, 1.82) is 0 Å². The molecule has 1 saturated heterocycles. The van der Waals surface area contributed by atoms with Crippen LogP contribution >= 0.6 is 11.8 Å². The predicted octanol–water partition coefficient (Wildman–Crippen LogP) is 4.38. The maximum Gasteiger partial charge on any atom is 0.236 e. The third kappa shape index (κ3) is 5.43. The molecule has 0 radical (unpaired) electrons. The van der Waals surface area contributed by atoms with Gasteiger partial charge in [-0.2, -0.15) is 0 Å². The summed E-state index contributed by atoms with van der Waals surface area (Å²) in [4.78, 5) is 17.5. The van der Waals surface area contributed by atoms with Crippen molar-refractivity contribution in [2.24, 2.45) is 0 Å². The highest BCUT2D eigenvalue weighted by atomic mass is 32.2. The van der Waals surface area contributed by atoms with Gasteiger partial charge in [0, 0.05) is 17.8 Å². The van der Waals surface area contributed by atoms with Crippen LogP contribution in [0.4, 0.5) is 0 Å². The Morgan fingerprint density at radius 1 is 1.00 bits per heavy atom. The second kappa shape index (κ2) is 10.4. The number of benzene rings is 1. The van der Waals surface area contributed by atoms with E-state index in [9.17, 15) is 4.79 Å². The van der Waals surface area contributed by atoms with Crippen LogP contribution in [0.2, 0.25) is 0 Å². The Morgan fingerprint density at radius 2 is 1.63 bits per heavy atom. The summed E-state index contributed by atoms with van der Waals surface area (Å²) in [6.45, 7) is 13.2. The summed E-state index contributed by atoms with van der Waals surface area (Å²) in [6.07, 6.45) is 3.80. The quantitative estimate of drug-likeness (QED) is 0.583. The lowest BCUT2D eigenvalue weighted by Gasteiger charge is -2.32. The van der Waals surface area contributed by atoms with E-state index in [0.717, 1.165) is 36.3 Å². The molecular formula is C23H35N5OS. The number of hydrogen-bond donors (Lipinski definition) is 0. The van der Waals surface area contributed by atoms with E-state index >= 15 is 0 Å². The van der Waals surface area contributed by atoms with Crippen molar-refractivity contribution in [3.63, 3.8) is 0 Å². The lowest BCUT2D eigenvalue weighted by Crippen LogP contribution is -2.45. The van der Waals surface area contributed by atoms with Gasteiger partial charge < -0.3 is 4.90 Å². The number of hydrogen-bond acceptors (Lipinski definition) is 5. The van der Waals surface area contributed by atoms with Crippen LogP contribution in [-0.2, 0) is 11.3 Å². The lowest BCUT2D eigenvalue weighted by atomic mass is 10.1.